The van der Waals surface area contributed by atoms with Gasteiger partial charge < -0.3 is 24.1 Å². The Bertz CT molecular complexity index is 1620. The zero-order valence-corrected chi connectivity index (χ0v) is 25.2. The van der Waals surface area contributed by atoms with Crippen LogP contribution in [0.3, 0.4) is 0 Å². The van der Waals surface area contributed by atoms with Gasteiger partial charge in [-0.25, -0.2) is 4.39 Å². The van der Waals surface area contributed by atoms with Crippen molar-refractivity contribution >= 4 is 11.8 Å². The van der Waals surface area contributed by atoms with Crippen molar-refractivity contribution in [2.45, 2.75) is 75.3 Å². The van der Waals surface area contributed by atoms with Crippen LogP contribution in [0.2, 0.25) is 0 Å². The number of esters is 1. The van der Waals surface area contributed by atoms with Gasteiger partial charge in [0.1, 0.15) is 29.7 Å². The fraction of sp³-hybridized carbons (Fsp3) is 0.444. The van der Waals surface area contributed by atoms with Crippen LogP contribution in [0, 0.1) is 23.6 Å². The molecular formula is C36H37FO7. The van der Waals surface area contributed by atoms with Gasteiger partial charge in [-0.15, -0.1) is 0 Å². The Labute approximate surface area is 256 Å². The Hall–Kier alpha value is -3.43. The molecule has 0 spiro atoms. The van der Waals surface area contributed by atoms with Crippen molar-refractivity contribution in [3.63, 3.8) is 0 Å². The standard InChI is InChI=1S/C36H37FO7/c1-21(2)34-17-23(4)36-27(32(34)42-35(43-34,44-36)19-24-10-6-5-7-11-24)15-25(18-33(40)29(36)14-22(3)31(33)39)20-41-30(38)16-26-12-8-9-13-28(26)37/h5-15,23,27,29,32,40H,1,16-20H2,2-4H3/t23-,27+,29-,32-,33-,34+,35?,36-/m1/s1. The second-order valence-electron chi connectivity index (χ2n) is 13.3. The number of Topliss-reactive ketones (excluding diaryl/α,β-unsaturated/α-hetero) is 1. The molecule has 2 saturated heterocycles. The maximum atomic E-state index is 14.2. The summed E-state index contributed by atoms with van der Waals surface area (Å²) in [5.74, 6) is -4.24. The molecule has 8 heteroatoms. The Morgan fingerprint density at radius 1 is 1.11 bits per heavy atom. The van der Waals surface area contributed by atoms with E-state index < -0.39 is 52.5 Å². The largest absolute Gasteiger partial charge is 0.461 e. The maximum Gasteiger partial charge on any atom is 0.310 e. The Morgan fingerprint density at radius 3 is 2.57 bits per heavy atom. The summed E-state index contributed by atoms with van der Waals surface area (Å²) < 4.78 is 40.6. The lowest BCUT2D eigenvalue weighted by atomic mass is 9.55. The van der Waals surface area contributed by atoms with Crippen molar-refractivity contribution in [2.24, 2.45) is 17.8 Å². The monoisotopic (exact) mass is 600 g/mol. The first-order valence-corrected chi connectivity index (χ1v) is 15.2. The summed E-state index contributed by atoms with van der Waals surface area (Å²) in [4.78, 5) is 26.5. The molecule has 1 N–H and O–H groups in total. The topological polar surface area (TPSA) is 91.3 Å². The van der Waals surface area contributed by atoms with Gasteiger partial charge >= 0.3 is 5.97 Å². The molecule has 8 atom stereocenters. The number of rotatable bonds is 7. The van der Waals surface area contributed by atoms with E-state index in [1.807, 2.05) is 49.4 Å². The molecule has 3 aliphatic carbocycles. The number of halogens is 1. The van der Waals surface area contributed by atoms with Crippen LogP contribution in [-0.2, 0) is 41.4 Å². The molecule has 2 heterocycles. The zero-order chi connectivity index (χ0) is 31.1. The van der Waals surface area contributed by atoms with E-state index >= 15 is 0 Å². The van der Waals surface area contributed by atoms with Crippen LogP contribution in [0.1, 0.15) is 44.7 Å². The molecule has 1 saturated carbocycles. The summed E-state index contributed by atoms with van der Waals surface area (Å²) in [6.45, 7) is 9.89. The molecule has 0 aromatic heterocycles. The van der Waals surface area contributed by atoms with Crippen LogP contribution in [0.4, 0.5) is 4.39 Å². The lowest BCUT2D eigenvalue weighted by Crippen LogP contribution is -2.70. The van der Waals surface area contributed by atoms with Crippen LogP contribution < -0.4 is 0 Å². The number of hydrogen-bond acceptors (Lipinski definition) is 7. The highest BCUT2D eigenvalue weighted by atomic mass is 19.1. The molecule has 44 heavy (non-hydrogen) atoms. The van der Waals surface area contributed by atoms with E-state index in [1.54, 1.807) is 19.1 Å². The smallest absolute Gasteiger partial charge is 0.310 e. The highest BCUT2D eigenvalue weighted by Crippen LogP contribution is 2.68. The molecule has 230 valence electrons. The van der Waals surface area contributed by atoms with Gasteiger partial charge in [0.25, 0.3) is 5.97 Å². The first-order valence-electron chi connectivity index (χ1n) is 15.2. The second kappa shape index (κ2) is 10.0. The second-order valence-corrected chi connectivity index (χ2v) is 13.3. The van der Waals surface area contributed by atoms with Crippen molar-refractivity contribution in [1.82, 2.24) is 0 Å². The van der Waals surface area contributed by atoms with E-state index in [-0.39, 0.29) is 36.7 Å². The summed E-state index contributed by atoms with van der Waals surface area (Å²) >= 11 is 0. The third-order valence-corrected chi connectivity index (χ3v) is 10.4. The van der Waals surface area contributed by atoms with E-state index in [0.717, 1.165) is 11.1 Å². The highest BCUT2D eigenvalue weighted by Gasteiger charge is 2.79. The van der Waals surface area contributed by atoms with Gasteiger partial charge in [0.05, 0.1) is 18.4 Å². The average molecular weight is 601 g/mol. The number of carbonyl (C=O) groups is 2. The van der Waals surface area contributed by atoms with E-state index in [2.05, 4.69) is 13.5 Å². The van der Waals surface area contributed by atoms with Crippen LogP contribution in [0.5, 0.6) is 0 Å². The maximum absolute atomic E-state index is 14.2. The van der Waals surface area contributed by atoms with Gasteiger partial charge in [0, 0.05) is 18.3 Å². The van der Waals surface area contributed by atoms with Crippen molar-refractivity contribution in [3.05, 3.63) is 107 Å². The molecule has 7 rings (SSSR count). The van der Waals surface area contributed by atoms with Crippen molar-refractivity contribution < 1.29 is 38.0 Å². The van der Waals surface area contributed by atoms with Crippen molar-refractivity contribution in [3.8, 4) is 0 Å². The fourth-order valence-electron chi connectivity index (χ4n) is 8.51. The molecule has 0 radical (unpaired) electrons. The van der Waals surface area contributed by atoms with Crippen LogP contribution in [0.25, 0.3) is 0 Å². The van der Waals surface area contributed by atoms with E-state index in [0.29, 0.717) is 24.0 Å². The Balaban J connectivity index is 1.30. The predicted molar refractivity (Wildman–Crippen MR) is 158 cm³/mol. The highest BCUT2D eigenvalue weighted by molar-refractivity contribution is 6.04. The van der Waals surface area contributed by atoms with Crippen molar-refractivity contribution in [1.29, 1.82) is 0 Å². The number of carbonyl (C=O) groups excluding carboxylic acids is 2. The number of ether oxygens (including phenoxy) is 4. The third-order valence-electron chi connectivity index (χ3n) is 10.4. The molecule has 2 aromatic rings. The molecule has 2 aromatic carbocycles. The summed E-state index contributed by atoms with van der Waals surface area (Å²) in [7, 11) is 0. The molecule has 0 amide bonds. The van der Waals surface area contributed by atoms with Gasteiger partial charge in [0.2, 0.25) is 0 Å². The van der Waals surface area contributed by atoms with Crippen molar-refractivity contribution in [2.75, 3.05) is 6.61 Å². The minimum atomic E-state index is -1.81. The Kier molecular flexibility index (Phi) is 6.68. The Morgan fingerprint density at radius 2 is 1.84 bits per heavy atom. The van der Waals surface area contributed by atoms with E-state index in [4.69, 9.17) is 18.9 Å². The molecule has 1 unspecified atom stereocenters. The molecule has 5 aliphatic rings. The van der Waals surface area contributed by atoms with Gasteiger partial charge in [-0.1, -0.05) is 74.2 Å². The third kappa shape index (κ3) is 4.15. The summed E-state index contributed by atoms with van der Waals surface area (Å²) in [5, 5.41) is 12.3. The number of aliphatic hydroxyl groups is 1. The molecule has 3 fully saturated rings. The van der Waals surface area contributed by atoms with E-state index in [9.17, 15) is 19.1 Å². The quantitative estimate of drug-likeness (QED) is 0.347. The van der Waals surface area contributed by atoms with Gasteiger partial charge in [0.15, 0.2) is 5.78 Å². The SMILES string of the molecule is C=C(C)[C@@]12C[C@@H](C)[C@@]34OC(Cc5ccccc5)(O[C@@H]1[C@@H]3C=C(COC(=O)Cc1ccccc1F)C[C@]1(O)C(=O)C(C)=C[C@@H]41)O2. The lowest BCUT2D eigenvalue weighted by molar-refractivity contribution is -0.421. The summed E-state index contributed by atoms with van der Waals surface area (Å²) in [5.41, 5.74) is -0.705. The summed E-state index contributed by atoms with van der Waals surface area (Å²) in [6, 6.07) is 15.9. The average Bonchev–Trinajstić information content (AvgIpc) is 3.29. The number of benzene rings is 2. The fourth-order valence-corrected chi connectivity index (χ4v) is 8.51. The van der Waals surface area contributed by atoms with Gasteiger partial charge in [-0.2, -0.15) is 0 Å². The zero-order valence-electron chi connectivity index (χ0n) is 25.2. The van der Waals surface area contributed by atoms with Crippen LogP contribution >= 0.6 is 0 Å². The molecule has 2 aliphatic heterocycles. The van der Waals surface area contributed by atoms with Crippen LogP contribution in [-0.4, -0.2) is 52.3 Å². The van der Waals surface area contributed by atoms with Crippen LogP contribution in [0.15, 0.2) is 90.0 Å². The van der Waals surface area contributed by atoms with Gasteiger partial charge in [-0.05, 0) is 60.1 Å². The molecular weight excluding hydrogens is 563 g/mol. The number of ketones is 1. The minimum Gasteiger partial charge on any atom is -0.461 e. The predicted octanol–water partition coefficient (Wildman–Crippen LogP) is 5.17. The number of hydrogen-bond donors (Lipinski definition) is 1. The molecule has 3 bridgehead atoms. The normalized spacial score (nSPS) is 38.3. The van der Waals surface area contributed by atoms with E-state index in [1.165, 1.54) is 12.1 Å². The van der Waals surface area contributed by atoms with Gasteiger partial charge in [-0.3, -0.25) is 9.59 Å². The summed E-state index contributed by atoms with van der Waals surface area (Å²) in [6.07, 6.45) is 3.86. The number of fused-ring (bicyclic) bond motifs is 2. The lowest BCUT2D eigenvalue weighted by Gasteiger charge is -2.59. The first-order chi connectivity index (χ1) is 20.9. The first kappa shape index (κ1) is 29.3. The minimum absolute atomic E-state index is 0.0367. The molecule has 7 nitrogen and oxygen atoms in total.